The van der Waals surface area contributed by atoms with Crippen LogP contribution in [-0.2, 0) is 19.2 Å². The highest BCUT2D eigenvalue weighted by Gasteiger charge is 2.41. The molecule has 8 nitrogen and oxygen atoms in total. The number of hydrogen-bond acceptors (Lipinski definition) is 8. The molecular formula is C24H20B4O8Si. The van der Waals surface area contributed by atoms with E-state index in [1.807, 2.05) is 97.1 Å². The monoisotopic (exact) mass is 508 g/mol. The normalized spacial score (nSPS) is 11.1. The van der Waals surface area contributed by atoms with Crippen molar-refractivity contribution >= 4 is 80.6 Å². The summed E-state index contributed by atoms with van der Waals surface area (Å²) in [6, 6.07) is 30.9. The molecule has 0 heterocycles. The van der Waals surface area contributed by atoms with Gasteiger partial charge in [-0.2, -0.15) is 0 Å². The van der Waals surface area contributed by atoms with Crippen molar-refractivity contribution in [3.63, 3.8) is 0 Å². The molecule has 180 valence electrons. The van der Waals surface area contributed by atoms with Crippen molar-refractivity contribution in [1.82, 2.24) is 0 Å². The summed E-state index contributed by atoms with van der Waals surface area (Å²) in [5.41, 5.74) is 2.76. The fourth-order valence-corrected chi connectivity index (χ4v) is 9.16. The predicted octanol–water partition coefficient (Wildman–Crippen LogP) is -2.00. The summed E-state index contributed by atoms with van der Waals surface area (Å²) in [5.74, 6) is 0. The molecule has 4 radical (unpaired) electrons. The summed E-state index contributed by atoms with van der Waals surface area (Å²) in [5, 5.41) is 39.6. The molecular weight excluding hydrogens is 488 g/mol. The standard InChI is InChI=1S/C24H20B4O8Si/c29-33-25-17-1-9-21(10-2-17)37(22-11-3-18(4-12-22)26-34-30,23-13-5-19(6-14-23)27-35-31)24-15-7-20(8-16-24)28-36-32/h1-16,29-32H. The van der Waals surface area contributed by atoms with E-state index in [1.54, 1.807) is 0 Å². The lowest BCUT2D eigenvalue weighted by atomic mass is 9.89. The summed E-state index contributed by atoms with van der Waals surface area (Å²) < 4.78 is 0. The lowest BCUT2D eigenvalue weighted by molar-refractivity contribution is -0.135. The Bertz CT molecular complexity index is 1060. The van der Waals surface area contributed by atoms with Gasteiger partial charge in [-0.05, 0) is 20.7 Å². The Balaban J connectivity index is 1.98. The van der Waals surface area contributed by atoms with Gasteiger partial charge in [-0.1, -0.05) is 119 Å². The Kier molecular flexibility index (Phi) is 9.53. The number of benzene rings is 4. The first-order valence-electron chi connectivity index (χ1n) is 11.1. The first-order chi connectivity index (χ1) is 18.1. The molecule has 0 saturated carbocycles. The van der Waals surface area contributed by atoms with Crippen molar-refractivity contribution in [2.75, 3.05) is 0 Å². The van der Waals surface area contributed by atoms with Crippen molar-refractivity contribution in [3.8, 4) is 0 Å². The minimum atomic E-state index is -2.95. The molecule has 0 aromatic heterocycles. The van der Waals surface area contributed by atoms with Crippen molar-refractivity contribution in [2.24, 2.45) is 0 Å². The highest BCUT2D eigenvalue weighted by atomic mass is 28.3. The van der Waals surface area contributed by atoms with Gasteiger partial charge in [-0.15, -0.1) is 0 Å². The van der Waals surface area contributed by atoms with E-state index in [1.165, 1.54) is 29.9 Å². The van der Waals surface area contributed by atoms with Gasteiger partial charge in [0.05, 0.1) is 0 Å². The van der Waals surface area contributed by atoms with Crippen LogP contribution in [-0.4, -0.2) is 59.0 Å². The lowest BCUT2D eigenvalue weighted by Gasteiger charge is -2.35. The predicted molar refractivity (Wildman–Crippen MR) is 146 cm³/mol. The van der Waals surface area contributed by atoms with Gasteiger partial charge in [0, 0.05) is 0 Å². The maximum absolute atomic E-state index is 8.85. The molecule has 0 aliphatic carbocycles. The van der Waals surface area contributed by atoms with Crippen LogP contribution >= 0.6 is 0 Å². The van der Waals surface area contributed by atoms with Gasteiger partial charge in [0.25, 0.3) is 0 Å². The van der Waals surface area contributed by atoms with E-state index < -0.39 is 8.07 Å². The Hall–Kier alpha value is -2.96. The molecule has 0 aliphatic heterocycles. The van der Waals surface area contributed by atoms with E-state index in [-0.39, 0.29) is 0 Å². The molecule has 4 aromatic rings. The second kappa shape index (κ2) is 13.0. The van der Waals surface area contributed by atoms with Gasteiger partial charge in [0.2, 0.25) is 0 Å². The molecule has 0 bridgehead atoms. The van der Waals surface area contributed by atoms with Gasteiger partial charge >= 0.3 is 29.9 Å². The van der Waals surface area contributed by atoms with Gasteiger partial charge < -0.3 is 19.2 Å². The SMILES string of the molecule is OO[B]c1ccc([Si](c2ccc([B]OO)cc2)(c2ccc([B]OO)cc2)c2ccc([B]OO)cc2)cc1. The molecule has 0 amide bonds. The molecule has 4 N–H and O–H groups in total. The maximum atomic E-state index is 8.85. The van der Waals surface area contributed by atoms with Crippen molar-refractivity contribution in [1.29, 1.82) is 0 Å². The van der Waals surface area contributed by atoms with Gasteiger partial charge in [-0.3, -0.25) is 21.0 Å². The Morgan fingerprint density at radius 1 is 0.351 bits per heavy atom. The molecule has 0 aliphatic rings. The van der Waals surface area contributed by atoms with Crippen LogP contribution in [0.5, 0.6) is 0 Å². The second-order valence-corrected chi connectivity index (χ2v) is 11.9. The third-order valence-corrected chi connectivity index (χ3v) is 10.9. The van der Waals surface area contributed by atoms with Crippen LogP contribution in [0, 0.1) is 0 Å². The molecule has 0 spiro atoms. The second-order valence-electron chi connectivity index (χ2n) is 8.13. The third-order valence-electron chi connectivity index (χ3n) is 6.13. The third kappa shape index (κ3) is 5.97. The summed E-state index contributed by atoms with van der Waals surface area (Å²) in [4.78, 5) is 16.8. The van der Waals surface area contributed by atoms with Crippen LogP contribution < -0.4 is 42.6 Å². The largest absolute Gasteiger partial charge is 0.381 e. The molecule has 4 rings (SSSR count). The van der Waals surface area contributed by atoms with Crippen LogP contribution in [0.25, 0.3) is 0 Å². The molecule has 0 saturated heterocycles. The van der Waals surface area contributed by atoms with Crippen molar-refractivity contribution < 1.29 is 40.2 Å². The number of hydrogen-bond donors (Lipinski definition) is 4. The minimum absolute atomic E-state index is 0.689. The highest BCUT2D eigenvalue weighted by Crippen LogP contribution is 2.08. The lowest BCUT2D eigenvalue weighted by Crippen LogP contribution is -2.75. The fraction of sp³-hybridized carbons (Fsp3) is 0. The highest BCUT2D eigenvalue weighted by molar-refractivity contribution is 7.20. The summed E-state index contributed by atoms with van der Waals surface area (Å²) in [7, 11) is 2.01. The Morgan fingerprint density at radius 3 is 0.703 bits per heavy atom. The van der Waals surface area contributed by atoms with E-state index in [0.29, 0.717) is 21.9 Å². The summed E-state index contributed by atoms with van der Waals surface area (Å²) in [6.07, 6.45) is 0. The fourth-order valence-electron chi connectivity index (χ4n) is 4.49. The van der Waals surface area contributed by atoms with Crippen LogP contribution in [0.1, 0.15) is 0 Å². The van der Waals surface area contributed by atoms with E-state index in [9.17, 15) is 0 Å². The zero-order valence-electron chi connectivity index (χ0n) is 19.5. The van der Waals surface area contributed by atoms with E-state index in [2.05, 4.69) is 19.2 Å². The Labute approximate surface area is 217 Å². The Morgan fingerprint density at radius 2 is 0.541 bits per heavy atom. The number of rotatable bonds is 12. The van der Waals surface area contributed by atoms with Crippen LogP contribution in [0.2, 0.25) is 0 Å². The zero-order valence-corrected chi connectivity index (χ0v) is 20.5. The van der Waals surface area contributed by atoms with Gasteiger partial charge in [0.1, 0.15) is 0 Å². The first kappa shape index (κ1) is 27.1. The van der Waals surface area contributed by atoms with E-state index in [0.717, 1.165) is 20.7 Å². The molecule has 37 heavy (non-hydrogen) atoms. The van der Waals surface area contributed by atoms with Crippen molar-refractivity contribution in [3.05, 3.63) is 97.1 Å². The smallest absolute Gasteiger partial charge is 0.307 e. The van der Waals surface area contributed by atoms with Crippen molar-refractivity contribution in [2.45, 2.75) is 0 Å². The van der Waals surface area contributed by atoms with E-state index >= 15 is 0 Å². The molecule has 0 fully saturated rings. The molecule has 13 heteroatoms. The summed E-state index contributed by atoms with van der Waals surface area (Å²) in [6.45, 7) is 0. The zero-order chi connectivity index (χ0) is 26.1. The molecule has 0 atom stereocenters. The quantitative estimate of drug-likeness (QED) is 0.0753. The minimum Gasteiger partial charge on any atom is -0.307 e. The van der Waals surface area contributed by atoms with E-state index in [4.69, 9.17) is 21.0 Å². The van der Waals surface area contributed by atoms with Crippen LogP contribution in [0.3, 0.4) is 0 Å². The average Bonchev–Trinajstić information content (AvgIpc) is 2.93. The molecule has 4 aromatic carbocycles. The van der Waals surface area contributed by atoms with Gasteiger partial charge in [0.15, 0.2) is 8.07 Å². The summed E-state index contributed by atoms with van der Waals surface area (Å²) >= 11 is 0. The molecule has 0 unspecified atom stereocenters. The topological polar surface area (TPSA) is 118 Å². The maximum Gasteiger partial charge on any atom is 0.381 e. The van der Waals surface area contributed by atoms with Gasteiger partial charge in [-0.25, -0.2) is 0 Å². The first-order valence-corrected chi connectivity index (χ1v) is 13.1. The average molecular weight is 508 g/mol. The van der Waals surface area contributed by atoms with Crippen LogP contribution in [0.4, 0.5) is 0 Å². The van der Waals surface area contributed by atoms with Crippen LogP contribution in [0.15, 0.2) is 97.1 Å².